The van der Waals surface area contributed by atoms with E-state index in [2.05, 4.69) is 20.5 Å². The Bertz CT molecular complexity index is 709. The number of aliphatic hydroxyl groups excluding tert-OH is 1. The summed E-state index contributed by atoms with van der Waals surface area (Å²) in [6.45, 7) is 3.54. The Morgan fingerprint density at radius 3 is 2.85 bits per heavy atom. The van der Waals surface area contributed by atoms with Crippen molar-refractivity contribution in [3.63, 3.8) is 0 Å². The molecule has 1 aliphatic heterocycles. The van der Waals surface area contributed by atoms with E-state index in [4.69, 9.17) is 4.74 Å². The third-order valence-electron chi connectivity index (χ3n) is 4.56. The summed E-state index contributed by atoms with van der Waals surface area (Å²) in [7, 11) is 0. The van der Waals surface area contributed by atoms with Crippen LogP contribution in [0, 0.1) is 5.92 Å². The number of hydrogen-bond donors (Lipinski definition) is 3. The van der Waals surface area contributed by atoms with Crippen molar-refractivity contribution >= 4 is 11.7 Å². The van der Waals surface area contributed by atoms with E-state index in [1.54, 1.807) is 36.7 Å². The first-order valence-corrected chi connectivity index (χ1v) is 9.29. The molecule has 1 fully saturated rings. The first-order valence-electron chi connectivity index (χ1n) is 9.29. The molecule has 2 amide bonds. The van der Waals surface area contributed by atoms with E-state index in [0.29, 0.717) is 29.6 Å². The number of ether oxygens (including phenoxy) is 1. The third-order valence-corrected chi connectivity index (χ3v) is 4.56. The predicted octanol–water partition coefficient (Wildman–Crippen LogP) is 2.70. The quantitative estimate of drug-likeness (QED) is 0.698. The smallest absolute Gasteiger partial charge is 0.319 e. The van der Waals surface area contributed by atoms with Crippen molar-refractivity contribution in [2.75, 3.05) is 38.1 Å². The number of nitrogens with one attached hydrogen (secondary N) is 2. The van der Waals surface area contributed by atoms with Gasteiger partial charge >= 0.3 is 6.03 Å². The highest BCUT2D eigenvalue weighted by Crippen LogP contribution is 2.22. The van der Waals surface area contributed by atoms with Crippen LogP contribution in [0.15, 0.2) is 48.8 Å². The van der Waals surface area contributed by atoms with Crippen LogP contribution in [0.5, 0.6) is 11.5 Å². The van der Waals surface area contributed by atoms with E-state index < -0.39 is 0 Å². The van der Waals surface area contributed by atoms with Crippen LogP contribution < -0.4 is 15.4 Å². The molecule has 2 heterocycles. The summed E-state index contributed by atoms with van der Waals surface area (Å²) in [5.41, 5.74) is 0.698. The number of benzene rings is 1. The molecule has 1 aromatic heterocycles. The van der Waals surface area contributed by atoms with Crippen LogP contribution in [-0.4, -0.2) is 53.8 Å². The number of nitrogens with zero attached hydrogens (tertiary/aromatic N) is 2. The lowest BCUT2D eigenvalue weighted by atomic mass is 9.99. The molecule has 1 aliphatic rings. The fourth-order valence-electron chi connectivity index (χ4n) is 3.16. The molecule has 0 saturated carbocycles. The zero-order chi connectivity index (χ0) is 18.9. The Hall–Kier alpha value is -2.64. The summed E-state index contributed by atoms with van der Waals surface area (Å²) in [4.78, 5) is 18.3. The number of urea groups is 1. The van der Waals surface area contributed by atoms with Crippen LogP contribution in [0.2, 0.25) is 0 Å². The molecular weight excluding hydrogens is 344 g/mol. The topological polar surface area (TPSA) is 86.7 Å². The van der Waals surface area contributed by atoms with Gasteiger partial charge in [-0.25, -0.2) is 4.79 Å². The number of carbonyl (C=O) groups is 1. The fourth-order valence-corrected chi connectivity index (χ4v) is 3.16. The van der Waals surface area contributed by atoms with Gasteiger partial charge in [-0.3, -0.25) is 4.98 Å². The summed E-state index contributed by atoms with van der Waals surface area (Å²) in [6.07, 6.45) is 5.52. The largest absolute Gasteiger partial charge is 0.456 e. The highest BCUT2D eigenvalue weighted by atomic mass is 16.5. The Morgan fingerprint density at radius 2 is 2.11 bits per heavy atom. The number of aromatic nitrogens is 1. The van der Waals surface area contributed by atoms with Crippen molar-refractivity contribution in [2.45, 2.75) is 12.8 Å². The van der Waals surface area contributed by atoms with Gasteiger partial charge in [0.2, 0.25) is 0 Å². The van der Waals surface area contributed by atoms with Gasteiger partial charge in [0.1, 0.15) is 11.5 Å². The Kier molecular flexibility index (Phi) is 7.01. The number of anilines is 1. The molecule has 3 N–H and O–H groups in total. The number of hydrogen-bond acceptors (Lipinski definition) is 5. The molecule has 7 nitrogen and oxygen atoms in total. The van der Waals surface area contributed by atoms with Gasteiger partial charge in [0.25, 0.3) is 0 Å². The second-order valence-electron chi connectivity index (χ2n) is 6.69. The minimum Gasteiger partial charge on any atom is -0.456 e. The maximum atomic E-state index is 12.0. The van der Waals surface area contributed by atoms with E-state index >= 15 is 0 Å². The molecule has 0 radical (unpaired) electrons. The number of amides is 2. The van der Waals surface area contributed by atoms with E-state index in [-0.39, 0.29) is 12.6 Å². The molecule has 27 heavy (non-hydrogen) atoms. The Balaban J connectivity index is 1.39. The summed E-state index contributed by atoms with van der Waals surface area (Å²) in [6, 6.07) is 10.6. The van der Waals surface area contributed by atoms with Crippen molar-refractivity contribution in [2.24, 2.45) is 5.92 Å². The molecule has 1 atom stereocenters. The average molecular weight is 370 g/mol. The van der Waals surface area contributed by atoms with Gasteiger partial charge in [0, 0.05) is 38.1 Å². The molecular formula is C20H26N4O3. The molecule has 144 valence electrons. The Labute approximate surface area is 159 Å². The number of piperidine rings is 1. The van der Waals surface area contributed by atoms with Crippen LogP contribution in [0.25, 0.3) is 0 Å². The normalized spacial score (nSPS) is 17.3. The first-order chi connectivity index (χ1) is 13.2. The van der Waals surface area contributed by atoms with Crippen molar-refractivity contribution in [1.29, 1.82) is 0 Å². The molecule has 0 spiro atoms. The van der Waals surface area contributed by atoms with Crippen molar-refractivity contribution in [3.05, 3.63) is 48.8 Å². The Morgan fingerprint density at radius 1 is 1.26 bits per heavy atom. The van der Waals surface area contributed by atoms with Gasteiger partial charge in [-0.1, -0.05) is 0 Å². The van der Waals surface area contributed by atoms with E-state index in [9.17, 15) is 9.90 Å². The third kappa shape index (κ3) is 6.23. The second-order valence-corrected chi connectivity index (χ2v) is 6.69. The molecule has 3 rings (SSSR count). The minimum absolute atomic E-state index is 0.230. The van der Waals surface area contributed by atoms with Crippen LogP contribution in [0.1, 0.15) is 12.8 Å². The van der Waals surface area contributed by atoms with Gasteiger partial charge in [-0.15, -0.1) is 0 Å². The molecule has 0 aliphatic carbocycles. The van der Waals surface area contributed by atoms with Crippen molar-refractivity contribution < 1.29 is 14.6 Å². The van der Waals surface area contributed by atoms with Crippen molar-refractivity contribution in [1.82, 2.24) is 15.2 Å². The summed E-state index contributed by atoms with van der Waals surface area (Å²) >= 11 is 0. The van der Waals surface area contributed by atoms with Crippen LogP contribution in [-0.2, 0) is 0 Å². The van der Waals surface area contributed by atoms with Crippen LogP contribution >= 0.6 is 0 Å². The molecule has 1 saturated heterocycles. The lowest BCUT2D eigenvalue weighted by Gasteiger charge is -2.31. The number of carbonyl (C=O) groups excluding carboxylic acids is 1. The second kappa shape index (κ2) is 9.89. The zero-order valence-electron chi connectivity index (χ0n) is 15.3. The summed E-state index contributed by atoms with van der Waals surface area (Å²) in [5, 5.41) is 15.0. The lowest BCUT2D eigenvalue weighted by molar-refractivity contribution is 0.121. The molecule has 2 aromatic rings. The van der Waals surface area contributed by atoms with E-state index in [0.717, 1.165) is 32.5 Å². The van der Waals surface area contributed by atoms with Gasteiger partial charge < -0.3 is 25.4 Å². The lowest BCUT2D eigenvalue weighted by Crippen LogP contribution is -2.42. The van der Waals surface area contributed by atoms with Gasteiger partial charge in [-0.2, -0.15) is 0 Å². The molecule has 0 bridgehead atoms. The van der Waals surface area contributed by atoms with Gasteiger partial charge in [-0.05, 0) is 61.7 Å². The van der Waals surface area contributed by atoms with E-state index in [1.165, 1.54) is 0 Å². The number of likely N-dealkylation sites (tertiary alicyclic amines) is 1. The molecule has 1 aromatic carbocycles. The first kappa shape index (κ1) is 19.1. The fraction of sp³-hybridized carbons (Fsp3) is 0.400. The van der Waals surface area contributed by atoms with E-state index in [1.807, 2.05) is 12.1 Å². The predicted molar refractivity (Wildman–Crippen MR) is 104 cm³/mol. The zero-order valence-corrected chi connectivity index (χ0v) is 15.3. The summed E-state index contributed by atoms with van der Waals surface area (Å²) < 4.78 is 5.67. The maximum absolute atomic E-state index is 12.0. The standard InChI is InChI=1S/C20H26N4O3/c25-15-16-3-2-11-24(14-16)12-10-22-20(26)23-17-5-7-18(8-6-17)27-19-4-1-9-21-13-19/h1,4-9,13,16,25H,2-3,10-12,14-15H2,(H2,22,23,26)/t16-/m1/s1. The molecule has 7 heteroatoms. The number of aliphatic hydroxyl groups is 1. The van der Waals surface area contributed by atoms with Crippen LogP contribution in [0.3, 0.4) is 0 Å². The maximum Gasteiger partial charge on any atom is 0.319 e. The number of pyridine rings is 1. The van der Waals surface area contributed by atoms with Gasteiger partial charge in [0.05, 0.1) is 6.20 Å². The monoisotopic (exact) mass is 370 g/mol. The van der Waals surface area contributed by atoms with Gasteiger partial charge in [0.15, 0.2) is 0 Å². The average Bonchev–Trinajstić information content (AvgIpc) is 2.70. The minimum atomic E-state index is -0.230. The van der Waals surface area contributed by atoms with Crippen LogP contribution in [0.4, 0.5) is 10.5 Å². The number of rotatable bonds is 7. The highest BCUT2D eigenvalue weighted by molar-refractivity contribution is 5.89. The molecule has 0 unspecified atom stereocenters. The highest BCUT2D eigenvalue weighted by Gasteiger charge is 2.18. The van der Waals surface area contributed by atoms with Crippen molar-refractivity contribution in [3.8, 4) is 11.5 Å². The summed E-state index contributed by atoms with van der Waals surface area (Å²) in [5.74, 6) is 1.70. The SMILES string of the molecule is O=C(NCCN1CCC[C@@H](CO)C1)Nc1ccc(Oc2cccnc2)cc1.